The molecular weight excluding hydrogens is 306 g/mol. The Kier molecular flexibility index (Phi) is 4.33. The molecule has 2 aromatic carbocycles. The monoisotopic (exact) mass is 335 g/mol. The van der Waals surface area contributed by atoms with Crippen molar-refractivity contribution in [2.24, 2.45) is 5.92 Å². The van der Waals surface area contributed by atoms with Gasteiger partial charge < -0.3 is 5.11 Å². The zero-order valence-corrected chi connectivity index (χ0v) is 15.4. The first kappa shape index (κ1) is 16.7. The molecule has 2 aromatic rings. The van der Waals surface area contributed by atoms with E-state index >= 15 is 0 Å². The van der Waals surface area contributed by atoms with Crippen LogP contribution in [0.5, 0.6) is 5.75 Å². The number of hydrogen-bond donors (Lipinski definition) is 1. The van der Waals surface area contributed by atoms with Crippen molar-refractivity contribution in [3.8, 4) is 5.75 Å². The summed E-state index contributed by atoms with van der Waals surface area (Å²) >= 11 is 0. The fourth-order valence-electron chi connectivity index (χ4n) is 5.06. The van der Waals surface area contributed by atoms with Gasteiger partial charge in [0.25, 0.3) is 0 Å². The molecule has 2 saturated heterocycles. The summed E-state index contributed by atoms with van der Waals surface area (Å²) < 4.78 is 0. The molecule has 2 aliphatic heterocycles. The van der Waals surface area contributed by atoms with E-state index in [2.05, 4.69) is 55.1 Å². The Hall–Kier alpha value is -1.80. The number of piperidine rings is 2. The van der Waals surface area contributed by atoms with E-state index in [1.54, 1.807) is 6.07 Å². The van der Waals surface area contributed by atoms with Gasteiger partial charge in [-0.1, -0.05) is 56.3 Å². The molecule has 1 N–H and O–H groups in total. The lowest BCUT2D eigenvalue weighted by molar-refractivity contribution is 0.0233. The molecule has 0 aliphatic carbocycles. The predicted octanol–water partition coefficient (Wildman–Crippen LogP) is 4.94. The lowest BCUT2D eigenvalue weighted by atomic mass is 9.64. The number of benzene rings is 2. The number of rotatable bonds is 2. The Morgan fingerprint density at radius 1 is 1.00 bits per heavy atom. The molecule has 132 valence electrons. The molecule has 0 bridgehead atoms. The average molecular weight is 335 g/mol. The second-order valence-electron chi connectivity index (χ2n) is 8.37. The van der Waals surface area contributed by atoms with Crippen molar-refractivity contribution in [3.63, 3.8) is 0 Å². The number of aromatic hydroxyl groups is 1. The second kappa shape index (κ2) is 6.49. The maximum atomic E-state index is 9.93. The van der Waals surface area contributed by atoms with Gasteiger partial charge in [0.05, 0.1) is 0 Å². The lowest BCUT2D eigenvalue weighted by Crippen LogP contribution is -2.55. The molecule has 2 fully saturated rings. The standard InChI is InChI=1S/C23H29NO/c1-17-15-24-16-19(18-7-4-3-5-8-18)11-12-21(24)14-23(17,2)20-9-6-10-22(25)13-20/h3-10,13,17,19,21,25H,11-12,14-16H2,1-2H3/t17?,19?,21?,23-/m1/s1. The summed E-state index contributed by atoms with van der Waals surface area (Å²) in [5, 5.41) is 9.93. The minimum absolute atomic E-state index is 0.152. The third kappa shape index (κ3) is 3.08. The van der Waals surface area contributed by atoms with Crippen molar-refractivity contribution in [3.05, 3.63) is 65.7 Å². The molecule has 0 saturated carbocycles. The lowest BCUT2D eigenvalue weighted by Gasteiger charge is -2.52. The highest BCUT2D eigenvalue weighted by molar-refractivity contribution is 5.34. The van der Waals surface area contributed by atoms with E-state index in [0.29, 0.717) is 23.6 Å². The summed E-state index contributed by atoms with van der Waals surface area (Å²) in [6.45, 7) is 7.12. The van der Waals surface area contributed by atoms with Crippen LogP contribution in [-0.2, 0) is 5.41 Å². The Labute approximate surface area is 151 Å². The van der Waals surface area contributed by atoms with Gasteiger partial charge in [-0.2, -0.15) is 0 Å². The van der Waals surface area contributed by atoms with Crippen molar-refractivity contribution in [2.45, 2.75) is 50.5 Å². The van der Waals surface area contributed by atoms with Crippen LogP contribution in [0.4, 0.5) is 0 Å². The summed E-state index contributed by atoms with van der Waals surface area (Å²) in [7, 11) is 0. The Bertz CT molecular complexity index is 728. The highest BCUT2D eigenvalue weighted by atomic mass is 16.3. The van der Waals surface area contributed by atoms with Crippen LogP contribution in [0.15, 0.2) is 54.6 Å². The van der Waals surface area contributed by atoms with Crippen LogP contribution in [0.25, 0.3) is 0 Å². The summed E-state index contributed by atoms with van der Waals surface area (Å²) in [5.74, 6) is 1.65. The van der Waals surface area contributed by atoms with Crippen molar-refractivity contribution < 1.29 is 5.11 Å². The molecule has 4 rings (SSSR count). The van der Waals surface area contributed by atoms with Gasteiger partial charge in [-0.15, -0.1) is 0 Å². The van der Waals surface area contributed by atoms with Crippen molar-refractivity contribution in [2.75, 3.05) is 13.1 Å². The number of phenolic OH excluding ortho intramolecular Hbond substituents is 1. The van der Waals surface area contributed by atoms with E-state index in [1.165, 1.54) is 36.9 Å². The quantitative estimate of drug-likeness (QED) is 0.840. The number of nitrogens with zero attached hydrogens (tertiary/aromatic N) is 1. The first-order valence-corrected chi connectivity index (χ1v) is 9.65. The van der Waals surface area contributed by atoms with E-state index in [0.717, 1.165) is 6.54 Å². The predicted molar refractivity (Wildman–Crippen MR) is 103 cm³/mol. The van der Waals surface area contributed by atoms with Crippen LogP contribution in [0.2, 0.25) is 0 Å². The van der Waals surface area contributed by atoms with E-state index in [-0.39, 0.29) is 5.41 Å². The van der Waals surface area contributed by atoms with Crippen LogP contribution in [0.1, 0.15) is 50.2 Å². The maximum Gasteiger partial charge on any atom is 0.115 e. The fraction of sp³-hybridized carbons (Fsp3) is 0.478. The molecular formula is C23H29NO. The van der Waals surface area contributed by atoms with Crippen LogP contribution in [0, 0.1) is 5.92 Å². The molecule has 3 unspecified atom stereocenters. The van der Waals surface area contributed by atoms with Crippen molar-refractivity contribution in [1.82, 2.24) is 4.90 Å². The first-order valence-electron chi connectivity index (χ1n) is 9.65. The van der Waals surface area contributed by atoms with Gasteiger partial charge in [0.1, 0.15) is 5.75 Å². The third-order valence-corrected chi connectivity index (χ3v) is 6.85. The average Bonchev–Trinajstić information content (AvgIpc) is 2.63. The zero-order valence-electron chi connectivity index (χ0n) is 15.4. The zero-order chi connectivity index (χ0) is 17.4. The van der Waals surface area contributed by atoms with Gasteiger partial charge >= 0.3 is 0 Å². The van der Waals surface area contributed by atoms with Crippen LogP contribution < -0.4 is 0 Å². The number of phenols is 1. The number of hydrogen-bond acceptors (Lipinski definition) is 2. The van der Waals surface area contributed by atoms with E-state index in [1.807, 2.05) is 12.1 Å². The molecule has 0 aromatic heterocycles. The maximum absolute atomic E-state index is 9.93. The highest BCUT2D eigenvalue weighted by Gasteiger charge is 2.44. The van der Waals surface area contributed by atoms with Crippen LogP contribution >= 0.6 is 0 Å². The molecule has 25 heavy (non-hydrogen) atoms. The van der Waals surface area contributed by atoms with Gasteiger partial charge in [-0.05, 0) is 59.8 Å². The topological polar surface area (TPSA) is 23.5 Å². The first-order chi connectivity index (χ1) is 12.1. The van der Waals surface area contributed by atoms with Gasteiger partial charge in [-0.25, -0.2) is 0 Å². The van der Waals surface area contributed by atoms with Crippen LogP contribution in [0.3, 0.4) is 0 Å². The minimum atomic E-state index is 0.152. The SMILES string of the molecule is CC1CN2CC(c3ccccc3)CCC2C[C@@]1(C)c1cccc(O)c1. The molecule has 0 radical (unpaired) electrons. The Morgan fingerprint density at radius 2 is 1.80 bits per heavy atom. The third-order valence-electron chi connectivity index (χ3n) is 6.85. The van der Waals surface area contributed by atoms with E-state index in [4.69, 9.17) is 0 Å². The van der Waals surface area contributed by atoms with E-state index < -0.39 is 0 Å². The Balaban J connectivity index is 1.53. The minimum Gasteiger partial charge on any atom is -0.508 e. The molecule has 4 atom stereocenters. The van der Waals surface area contributed by atoms with Crippen LogP contribution in [-0.4, -0.2) is 29.1 Å². The van der Waals surface area contributed by atoms with Crippen molar-refractivity contribution >= 4 is 0 Å². The molecule has 0 amide bonds. The molecule has 2 aliphatic rings. The number of fused-ring (bicyclic) bond motifs is 1. The second-order valence-corrected chi connectivity index (χ2v) is 8.37. The van der Waals surface area contributed by atoms with E-state index in [9.17, 15) is 5.11 Å². The summed E-state index contributed by atoms with van der Waals surface area (Å²) in [6, 6.07) is 19.6. The van der Waals surface area contributed by atoms with Gasteiger partial charge in [0, 0.05) is 19.1 Å². The molecule has 2 heterocycles. The van der Waals surface area contributed by atoms with Gasteiger partial charge in [0.2, 0.25) is 0 Å². The summed E-state index contributed by atoms with van der Waals surface area (Å²) in [5.41, 5.74) is 2.94. The fourth-order valence-corrected chi connectivity index (χ4v) is 5.06. The van der Waals surface area contributed by atoms with Gasteiger partial charge in [0.15, 0.2) is 0 Å². The van der Waals surface area contributed by atoms with Crippen molar-refractivity contribution in [1.29, 1.82) is 0 Å². The highest BCUT2D eigenvalue weighted by Crippen LogP contribution is 2.46. The molecule has 2 nitrogen and oxygen atoms in total. The summed E-state index contributed by atoms with van der Waals surface area (Å²) in [4.78, 5) is 2.73. The summed E-state index contributed by atoms with van der Waals surface area (Å²) in [6.07, 6.45) is 3.76. The smallest absolute Gasteiger partial charge is 0.115 e. The molecule has 0 spiro atoms. The largest absolute Gasteiger partial charge is 0.508 e. The Morgan fingerprint density at radius 3 is 2.56 bits per heavy atom. The normalized spacial score (nSPS) is 33.0. The molecule has 2 heteroatoms. The van der Waals surface area contributed by atoms with Gasteiger partial charge in [-0.3, -0.25) is 4.90 Å².